The lowest BCUT2D eigenvalue weighted by Crippen LogP contribution is -2.13. The van der Waals surface area contributed by atoms with Crippen molar-refractivity contribution in [1.82, 2.24) is 9.55 Å². The maximum absolute atomic E-state index is 6.28. The molecule has 0 spiro atoms. The first-order chi connectivity index (χ1) is 9.81. The summed E-state index contributed by atoms with van der Waals surface area (Å²) in [4.78, 5) is 4.66. The smallest absolute Gasteiger partial charge is 0.125 e. The highest BCUT2D eigenvalue weighted by atomic mass is 35.5. The summed E-state index contributed by atoms with van der Waals surface area (Å²) in [5.74, 6) is 1.40. The highest BCUT2D eigenvalue weighted by Crippen LogP contribution is 2.33. The maximum atomic E-state index is 6.28. The van der Waals surface area contributed by atoms with Gasteiger partial charge in [-0.3, -0.25) is 0 Å². The van der Waals surface area contributed by atoms with Crippen molar-refractivity contribution in [2.45, 2.75) is 56.9 Å². The molecule has 4 heteroatoms. The van der Waals surface area contributed by atoms with E-state index in [-0.39, 0.29) is 0 Å². The summed E-state index contributed by atoms with van der Waals surface area (Å²) in [5, 5.41) is 0.721. The average molecular weight is 311 g/mol. The number of fused-ring (bicyclic) bond motifs is 1. The molecule has 20 heavy (non-hydrogen) atoms. The van der Waals surface area contributed by atoms with Crippen molar-refractivity contribution in [3.05, 3.63) is 29.0 Å². The van der Waals surface area contributed by atoms with Crippen molar-refractivity contribution in [3.8, 4) is 0 Å². The van der Waals surface area contributed by atoms with Gasteiger partial charge in [0.05, 0.1) is 16.4 Å². The van der Waals surface area contributed by atoms with Crippen LogP contribution in [0, 0.1) is 0 Å². The third kappa shape index (κ3) is 2.68. The van der Waals surface area contributed by atoms with Crippen molar-refractivity contribution in [3.63, 3.8) is 0 Å². The van der Waals surface area contributed by atoms with Crippen LogP contribution in [0.1, 0.15) is 56.8 Å². The number of halogens is 2. The Balaban J connectivity index is 2.05. The van der Waals surface area contributed by atoms with Crippen LogP contribution in [0.3, 0.4) is 0 Å². The summed E-state index contributed by atoms with van der Waals surface area (Å²) in [7, 11) is 0. The van der Waals surface area contributed by atoms with Gasteiger partial charge in [0.1, 0.15) is 11.3 Å². The molecule has 1 fully saturated rings. The van der Waals surface area contributed by atoms with E-state index in [0.717, 1.165) is 21.9 Å². The van der Waals surface area contributed by atoms with Crippen LogP contribution in [0.5, 0.6) is 0 Å². The van der Waals surface area contributed by atoms with E-state index < -0.39 is 0 Å². The second-order valence-corrected chi connectivity index (χ2v) is 6.31. The van der Waals surface area contributed by atoms with Gasteiger partial charge >= 0.3 is 0 Å². The molecule has 1 aliphatic carbocycles. The minimum absolute atomic E-state index is 0.446. The molecule has 1 aromatic heterocycles. The number of hydrogen-bond donors (Lipinski definition) is 0. The van der Waals surface area contributed by atoms with Crippen molar-refractivity contribution >= 4 is 34.2 Å². The lowest BCUT2D eigenvalue weighted by Gasteiger charge is -2.23. The Morgan fingerprint density at radius 1 is 1.10 bits per heavy atom. The second kappa shape index (κ2) is 6.36. The molecule has 0 amide bonds. The van der Waals surface area contributed by atoms with Crippen LogP contribution in [0.25, 0.3) is 11.0 Å². The van der Waals surface area contributed by atoms with Crippen molar-refractivity contribution < 1.29 is 0 Å². The van der Waals surface area contributed by atoms with E-state index in [0.29, 0.717) is 11.9 Å². The molecule has 0 aliphatic heterocycles. The van der Waals surface area contributed by atoms with Crippen LogP contribution in [0.2, 0.25) is 5.02 Å². The lowest BCUT2D eigenvalue weighted by atomic mass is 9.96. The highest BCUT2D eigenvalue weighted by molar-refractivity contribution is 6.35. The highest BCUT2D eigenvalue weighted by Gasteiger charge is 2.20. The van der Waals surface area contributed by atoms with Crippen molar-refractivity contribution in [2.24, 2.45) is 0 Å². The Kier molecular flexibility index (Phi) is 4.52. The Labute approximate surface area is 130 Å². The van der Waals surface area contributed by atoms with Gasteiger partial charge < -0.3 is 4.57 Å². The Morgan fingerprint density at radius 3 is 2.50 bits per heavy atom. The number of imidazole rings is 1. The molecule has 1 aliphatic rings. The van der Waals surface area contributed by atoms with Crippen LogP contribution in [-0.4, -0.2) is 9.55 Å². The maximum Gasteiger partial charge on any atom is 0.125 e. The summed E-state index contributed by atoms with van der Waals surface area (Å²) in [6.07, 6.45) is 9.12. The minimum atomic E-state index is 0.446. The molecule has 1 heterocycles. The van der Waals surface area contributed by atoms with Crippen LogP contribution in [-0.2, 0) is 5.88 Å². The van der Waals surface area contributed by atoms with Crippen LogP contribution >= 0.6 is 23.2 Å². The van der Waals surface area contributed by atoms with E-state index in [4.69, 9.17) is 23.2 Å². The third-order valence-corrected chi connectivity index (χ3v) is 4.85. The summed E-state index contributed by atoms with van der Waals surface area (Å²) in [6, 6.07) is 6.54. The molecule has 0 N–H and O–H groups in total. The van der Waals surface area contributed by atoms with E-state index in [1.807, 2.05) is 12.1 Å². The number of alkyl halides is 1. The summed E-state index contributed by atoms with van der Waals surface area (Å²) in [6.45, 7) is 0. The number of hydrogen-bond acceptors (Lipinski definition) is 1. The predicted octanol–water partition coefficient (Wildman–Crippen LogP) is 5.71. The Hall–Kier alpha value is -0.730. The summed E-state index contributed by atoms with van der Waals surface area (Å²) in [5.41, 5.74) is 2.03. The molecule has 0 saturated heterocycles. The van der Waals surface area contributed by atoms with Gasteiger partial charge in [-0.2, -0.15) is 0 Å². The topological polar surface area (TPSA) is 17.8 Å². The number of para-hydroxylation sites is 1. The standard InChI is InChI=1S/C16H20Cl2N2/c17-11-15-19-16-13(18)9-6-10-14(16)20(15)12-7-4-2-1-3-5-8-12/h6,9-10,12H,1-5,7-8,11H2. The fourth-order valence-electron chi connectivity index (χ4n) is 3.33. The van der Waals surface area contributed by atoms with Crippen LogP contribution in [0.4, 0.5) is 0 Å². The molecular weight excluding hydrogens is 291 g/mol. The predicted molar refractivity (Wildman–Crippen MR) is 85.7 cm³/mol. The molecule has 1 saturated carbocycles. The molecular formula is C16H20Cl2N2. The third-order valence-electron chi connectivity index (χ3n) is 4.30. The average Bonchev–Trinajstić information content (AvgIpc) is 2.79. The van der Waals surface area contributed by atoms with Crippen molar-refractivity contribution in [2.75, 3.05) is 0 Å². The monoisotopic (exact) mass is 310 g/mol. The van der Waals surface area contributed by atoms with Gasteiger partial charge in [0.2, 0.25) is 0 Å². The van der Waals surface area contributed by atoms with E-state index in [1.165, 1.54) is 44.9 Å². The summed E-state index contributed by atoms with van der Waals surface area (Å²) < 4.78 is 2.35. The molecule has 2 aromatic rings. The van der Waals surface area contributed by atoms with Crippen LogP contribution < -0.4 is 0 Å². The van der Waals surface area contributed by atoms with Gasteiger partial charge in [-0.25, -0.2) is 4.98 Å². The SMILES string of the molecule is ClCc1nc2c(Cl)cccc2n1C1CCCCCCC1. The van der Waals surface area contributed by atoms with E-state index in [9.17, 15) is 0 Å². The van der Waals surface area contributed by atoms with Gasteiger partial charge in [-0.15, -0.1) is 11.6 Å². The molecule has 0 bridgehead atoms. The number of nitrogens with zero attached hydrogens (tertiary/aromatic N) is 2. The lowest BCUT2D eigenvalue weighted by molar-refractivity contribution is 0.373. The molecule has 1 aromatic carbocycles. The van der Waals surface area contributed by atoms with E-state index in [1.54, 1.807) is 0 Å². The Bertz CT molecular complexity index is 583. The van der Waals surface area contributed by atoms with Crippen molar-refractivity contribution in [1.29, 1.82) is 0 Å². The largest absolute Gasteiger partial charge is 0.324 e. The Morgan fingerprint density at radius 2 is 1.80 bits per heavy atom. The first-order valence-electron chi connectivity index (χ1n) is 7.52. The first kappa shape index (κ1) is 14.2. The molecule has 3 rings (SSSR count). The fourth-order valence-corrected chi connectivity index (χ4v) is 3.73. The number of aromatic nitrogens is 2. The number of benzene rings is 1. The van der Waals surface area contributed by atoms with Gasteiger partial charge in [-0.05, 0) is 25.0 Å². The number of rotatable bonds is 2. The quantitative estimate of drug-likeness (QED) is 0.649. The molecule has 0 unspecified atom stereocenters. The summed E-state index contributed by atoms with van der Waals surface area (Å²) >= 11 is 12.4. The van der Waals surface area contributed by atoms with Gasteiger partial charge in [0.25, 0.3) is 0 Å². The molecule has 0 radical (unpaired) electrons. The van der Waals surface area contributed by atoms with Crippen LogP contribution in [0.15, 0.2) is 18.2 Å². The zero-order valence-corrected chi connectivity index (χ0v) is 13.1. The normalized spacial score (nSPS) is 18.1. The minimum Gasteiger partial charge on any atom is -0.324 e. The molecule has 0 atom stereocenters. The van der Waals surface area contributed by atoms with E-state index >= 15 is 0 Å². The zero-order chi connectivity index (χ0) is 13.9. The fraction of sp³-hybridized carbons (Fsp3) is 0.562. The van der Waals surface area contributed by atoms with Gasteiger partial charge in [0, 0.05) is 6.04 Å². The molecule has 108 valence electrons. The molecule has 2 nitrogen and oxygen atoms in total. The zero-order valence-electron chi connectivity index (χ0n) is 11.6. The van der Waals surface area contributed by atoms with E-state index in [2.05, 4.69) is 15.6 Å². The van der Waals surface area contributed by atoms with Gasteiger partial charge in [0.15, 0.2) is 0 Å². The van der Waals surface area contributed by atoms with Gasteiger partial charge in [-0.1, -0.05) is 49.8 Å². The first-order valence-corrected chi connectivity index (χ1v) is 8.44. The second-order valence-electron chi connectivity index (χ2n) is 5.64.